The molecule has 2 aromatic carbocycles. The largest absolute Gasteiger partial charge is 0.295 e. The van der Waals surface area contributed by atoms with Crippen LogP contribution in [0, 0.1) is 0 Å². The topological polar surface area (TPSA) is 54.4 Å². The predicted octanol–water partition coefficient (Wildman–Crippen LogP) is 7.89. The highest BCUT2D eigenvalue weighted by molar-refractivity contribution is 7.86. The van der Waals surface area contributed by atoms with Crippen LogP contribution in [0.2, 0.25) is 0 Å². The van der Waals surface area contributed by atoms with E-state index in [1.54, 1.807) is 6.07 Å². The Morgan fingerprint density at radius 1 is 0.733 bits per heavy atom. The highest BCUT2D eigenvalue weighted by atomic mass is 32.2. The summed E-state index contributed by atoms with van der Waals surface area (Å²) in [6.45, 7) is 4.36. The standard InChI is InChI=1S/C26H40O3S/c1-3-5-7-8-9-10-11-12-13-14-17-22-21-23-18-15-16-20-25(23)26(30(27,28)29)24(22)19-6-4-2/h15-16,18,20-21H,3-14,17,19H2,1-2H3,(H,27,28,29). The number of aryl methyl sites for hydroxylation is 1. The van der Waals surface area contributed by atoms with Crippen LogP contribution in [-0.4, -0.2) is 13.0 Å². The lowest BCUT2D eigenvalue weighted by Crippen LogP contribution is -2.08. The van der Waals surface area contributed by atoms with E-state index < -0.39 is 10.1 Å². The maximum atomic E-state index is 12.3. The SMILES string of the molecule is CCCCCCCCCCCCc1cc2ccccc2c(S(=O)(=O)O)c1CCCC. The van der Waals surface area contributed by atoms with Gasteiger partial charge in [0.15, 0.2) is 0 Å². The van der Waals surface area contributed by atoms with Crippen molar-refractivity contribution in [3.05, 3.63) is 41.5 Å². The minimum atomic E-state index is -4.27. The van der Waals surface area contributed by atoms with E-state index in [4.69, 9.17) is 0 Å². The number of fused-ring (bicyclic) bond motifs is 1. The molecule has 0 radical (unpaired) electrons. The molecule has 0 aromatic heterocycles. The van der Waals surface area contributed by atoms with E-state index in [9.17, 15) is 13.0 Å². The Kier molecular flexibility index (Phi) is 10.9. The fraction of sp³-hybridized carbons (Fsp3) is 0.615. The first-order valence-electron chi connectivity index (χ1n) is 12.0. The first kappa shape index (κ1) is 24.9. The van der Waals surface area contributed by atoms with E-state index in [1.807, 2.05) is 18.2 Å². The molecule has 0 fully saturated rings. The van der Waals surface area contributed by atoms with Crippen LogP contribution < -0.4 is 0 Å². The summed E-state index contributed by atoms with van der Waals surface area (Å²) in [5.41, 5.74) is 1.92. The molecule has 0 atom stereocenters. The van der Waals surface area contributed by atoms with Crippen molar-refractivity contribution in [3.63, 3.8) is 0 Å². The highest BCUT2D eigenvalue weighted by Gasteiger charge is 2.22. The van der Waals surface area contributed by atoms with Crippen LogP contribution in [0.1, 0.15) is 102 Å². The van der Waals surface area contributed by atoms with Gasteiger partial charge in [0.1, 0.15) is 4.90 Å². The van der Waals surface area contributed by atoms with Crippen LogP contribution >= 0.6 is 0 Å². The Labute approximate surface area is 184 Å². The van der Waals surface area contributed by atoms with Crippen molar-refractivity contribution in [2.24, 2.45) is 0 Å². The molecule has 0 bridgehead atoms. The number of benzene rings is 2. The molecule has 2 aromatic rings. The molecule has 4 heteroatoms. The van der Waals surface area contributed by atoms with Gasteiger partial charge in [-0.25, -0.2) is 0 Å². The van der Waals surface area contributed by atoms with Crippen molar-refractivity contribution in [1.82, 2.24) is 0 Å². The van der Waals surface area contributed by atoms with Gasteiger partial charge in [0.2, 0.25) is 0 Å². The number of unbranched alkanes of at least 4 members (excludes halogenated alkanes) is 10. The molecule has 3 nitrogen and oxygen atoms in total. The van der Waals surface area contributed by atoms with E-state index in [0.29, 0.717) is 11.8 Å². The number of hydrogen-bond donors (Lipinski definition) is 1. The number of hydrogen-bond acceptors (Lipinski definition) is 2. The molecule has 0 aliphatic carbocycles. The van der Waals surface area contributed by atoms with E-state index in [2.05, 4.69) is 19.9 Å². The van der Waals surface area contributed by atoms with Crippen LogP contribution in [0.15, 0.2) is 35.2 Å². The Balaban J connectivity index is 2.03. The molecule has 2 rings (SSSR count). The summed E-state index contributed by atoms with van der Waals surface area (Å²) in [5, 5.41) is 1.53. The van der Waals surface area contributed by atoms with E-state index in [1.165, 1.54) is 57.8 Å². The zero-order chi connectivity index (χ0) is 21.8. The van der Waals surface area contributed by atoms with Crippen molar-refractivity contribution < 1.29 is 13.0 Å². The van der Waals surface area contributed by atoms with Gasteiger partial charge in [0.25, 0.3) is 10.1 Å². The molecule has 0 amide bonds. The van der Waals surface area contributed by atoms with Gasteiger partial charge in [-0.05, 0) is 42.2 Å². The van der Waals surface area contributed by atoms with Crippen molar-refractivity contribution in [2.45, 2.75) is 109 Å². The van der Waals surface area contributed by atoms with Crippen molar-refractivity contribution in [1.29, 1.82) is 0 Å². The van der Waals surface area contributed by atoms with Crippen LogP contribution in [0.3, 0.4) is 0 Å². The molecule has 0 saturated heterocycles. The maximum absolute atomic E-state index is 12.3. The second-order valence-electron chi connectivity index (χ2n) is 8.58. The Morgan fingerprint density at radius 3 is 1.90 bits per heavy atom. The van der Waals surface area contributed by atoms with E-state index in [-0.39, 0.29) is 4.90 Å². The molecule has 30 heavy (non-hydrogen) atoms. The number of rotatable bonds is 15. The highest BCUT2D eigenvalue weighted by Crippen LogP contribution is 2.32. The van der Waals surface area contributed by atoms with Crippen LogP contribution in [0.5, 0.6) is 0 Å². The van der Waals surface area contributed by atoms with Gasteiger partial charge in [0, 0.05) is 5.39 Å². The lowest BCUT2D eigenvalue weighted by molar-refractivity contribution is 0.482. The summed E-state index contributed by atoms with van der Waals surface area (Å²) >= 11 is 0. The molecule has 0 spiro atoms. The summed E-state index contributed by atoms with van der Waals surface area (Å²) in [4.78, 5) is 0.135. The molecule has 1 N–H and O–H groups in total. The molecular weight excluding hydrogens is 392 g/mol. The van der Waals surface area contributed by atoms with Gasteiger partial charge >= 0.3 is 0 Å². The van der Waals surface area contributed by atoms with E-state index >= 15 is 0 Å². The zero-order valence-corrected chi connectivity index (χ0v) is 19.8. The fourth-order valence-electron chi connectivity index (χ4n) is 4.36. The molecular formula is C26H40O3S. The summed E-state index contributed by atoms with van der Waals surface area (Å²) in [6.07, 6.45) is 16.4. The average Bonchev–Trinajstić information content (AvgIpc) is 2.72. The van der Waals surface area contributed by atoms with Crippen LogP contribution in [-0.2, 0) is 23.0 Å². The third kappa shape index (κ3) is 7.70. The lowest BCUT2D eigenvalue weighted by Gasteiger charge is -2.16. The van der Waals surface area contributed by atoms with Gasteiger partial charge in [-0.15, -0.1) is 0 Å². The summed E-state index contributed by atoms with van der Waals surface area (Å²) in [5.74, 6) is 0. The summed E-state index contributed by atoms with van der Waals surface area (Å²) in [7, 11) is -4.27. The minimum absolute atomic E-state index is 0.135. The summed E-state index contributed by atoms with van der Waals surface area (Å²) < 4.78 is 34.6. The lowest BCUT2D eigenvalue weighted by atomic mass is 9.93. The van der Waals surface area contributed by atoms with Gasteiger partial charge in [0.05, 0.1) is 0 Å². The molecule has 0 heterocycles. The van der Waals surface area contributed by atoms with Gasteiger partial charge in [-0.3, -0.25) is 4.55 Å². The first-order chi connectivity index (χ1) is 14.5. The summed E-state index contributed by atoms with van der Waals surface area (Å²) in [6, 6.07) is 9.64. The molecule has 0 unspecified atom stereocenters. The Morgan fingerprint density at radius 2 is 1.30 bits per heavy atom. The predicted molar refractivity (Wildman–Crippen MR) is 128 cm³/mol. The molecule has 0 aliphatic rings. The quantitative estimate of drug-likeness (QED) is 0.230. The van der Waals surface area contributed by atoms with Crippen molar-refractivity contribution in [2.75, 3.05) is 0 Å². The second kappa shape index (κ2) is 13.1. The smallest absolute Gasteiger partial charge is 0.282 e. The molecule has 0 aliphatic heterocycles. The fourth-order valence-corrected chi connectivity index (χ4v) is 5.37. The Bertz CT molecular complexity index is 871. The second-order valence-corrected chi connectivity index (χ2v) is 9.93. The average molecular weight is 433 g/mol. The van der Waals surface area contributed by atoms with Crippen LogP contribution in [0.25, 0.3) is 10.8 Å². The van der Waals surface area contributed by atoms with Gasteiger partial charge in [-0.1, -0.05) is 108 Å². The molecule has 168 valence electrons. The van der Waals surface area contributed by atoms with E-state index in [0.717, 1.165) is 42.2 Å². The minimum Gasteiger partial charge on any atom is -0.282 e. The van der Waals surface area contributed by atoms with Crippen molar-refractivity contribution in [3.8, 4) is 0 Å². The normalized spacial score (nSPS) is 12.0. The monoisotopic (exact) mass is 432 g/mol. The zero-order valence-electron chi connectivity index (χ0n) is 19.0. The van der Waals surface area contributed by atoms with Crippen molar-refractivity contribution >= 4 is 20.9 Å². The third-order valence-electron chi connectivity index (χ3n) is 6.03. The Hall–Kier alpha value is -1.39. The first-order valence-corrected chi connectivity index (χ1v) is 13.4. The third-order valence-corrected chi connectivity index (χ3v) is 7.02. The van der Waals surface area contributed by atoms with Gasteiger partial charge < -0.3 is 0 Å². The van der Waals surface area contributed by atoms with Crippen LogP contribution in [0.4, 0.5) is 0 Å². The molecule has 0 saturated carbocycles. The van der Waals surface area contributed by atoms with Gasteiger partial charge in [-0.2, -0.15) is 8.42 Å². The maximum Gasteiger partial charge on any atom is 0.295 e.